The molecule has 11 heteroatoms. The van der Waals surface area contributed by atoms with E-state index < -0.39 is 0 Å². The van der Waals surface area contributed by atoms with Crippen molar-refractivity contribution in [1.29, 1.82) is 0 Å². The van der Waals surface area contributed by atoms with Crippen molar-refractivity contribution in [2.45, 2.75) is 38.2 Å². The molecule has 0 radical (unpaired) electrons. The molecule has 0 heterocycles. The molecule has 0 aliphatic carbocycles. The highest BCUT2D eigenvalue weighted by Gasteiger charge is 2.21. The highest BCUT2D eigenvalue weighted by molar-refractivity contribution is 8.17. The van der Waals surface area contributed by atoms with Crippen LogP contribution in [0.5, 0.6) is 0 Å². The smallest absolute Gasteiger partial charge is 0.214 e. The van der Waals surface area contributed by atoms with E-state index in [-0.39, 0.29) is 31.0 Å². The Bertz CT molecular complexity index is 786. The number of rotatable bonds is 20. The fourth-order valence-corrected chi connectivity index (χ4v) is 10.2. The molecule has 0 saturated carbocycles. The molecule has 2 atom stereocenters. The van der Waals surface area contributed by atoms with Gasteiger partial charge in [0, 0.05) is 56.5 Å². The zero-order chi connectivity index (χ0) is 28.4. The summed E-state index contributed by atoms with van der Waals surface area (Å²) >= 11 is 10.5. The molecule has 0 fully saturated rings. The zero-order valence-electron chi connectivity index (χ0n) is 22.1. The first-order valence-corrected chi connectivity index (χ1v) is 18.7. The summed E-state index contributed by atoms with van der Waals surface area (Å²) in [5.74, 6) is 6.09. The largest absolute Gasteiger partial charge is 0.282 e. The lowest BCUT2D eigenvalue weighted by Gasteiger charge is -2.23. The van der Waals surface area contributed by atoms with Gasteiger partial charge >= 0.3 is 0 Å². The predicted octanol–water partition coefficient (Wildman–Crippen LogP) is 7.27. The van der Waals surface area contributed by atoms with E-state index in [4.69, 9.17) is 0 Å². The van der Waals surface area contributed by atoms with Crippen LogP contribution in [0.3, 0.4) is 0 Å². The normalized spacial score (nSPS) is 12.4. The molecular formula is C26H38O4S7. The lowest BCUT2D eigenvalue weighted by Crippen LogP contribution is -2.21. The second-order valence-corrected chi connectivity index (χ2v) is 16.1. The van der Waals surface area contributed by atoms with Crippen LogP contribution in [-0.4, -0.2) is 77.0 Å². The first kappa shape index (κ1) is 37.1. The quantitative estimate of drug-likeness (QED) is 0.0999. The van der Waals surface area contributed by atoms with Crippen LogP contribution in [-0.2, 0) is 19.2 Å². The monoisotopic (exact) mass is 638 g/mol. The van der Waals surface area contributed by atoms with Crippen molar-refractivity contribution in [1.82, 2.24) is 0 Å². The number of hydrogen-bond acceptors (Lipinski definition) is 11. The molecule has 2 unspecified atom stereocenters. The Hall–Kier alpha value is 0.0900. The van der Waals surface area contributed by atoms with Gasteiger partial charge in [-0.3, -0.25) is 19.2 Å². The molecule has 0 aliphatic rings. The standard InChI is InChI=1S/C26H38O4S7/c1-17(2)23(27)33-11-9-31-13-21(15-35-25(29)19(5)6)37-22(16-36-26(30)20(7)8)14-32-10-12-34-24(28)18(3)4/h21-22H,1,3,5,7,9-16H2,2,4,6,8H3. The van der Waals surface area contributed by atoms with Gasteiger partial charge in [-0.1, -0.05) is 73.4 Å². The predicted molar refractivity (Wildman–Crippen MR) is 179 cm³/mol. The molecule has 0 bridgehead atoms. The van der Waals surface area contributed by atoms with Crippen molar-refractivity contribution in [3.63, 3.8) is 0 Å². The molecular weight excluding hydrogens is 601 g/mol. The Morgan fingerprint density at radius 3 is 1.08 bits per heavy atom. The third-order valence-corrected chi connectivity index (χ3v) is 13.6. The van der Waals surface area contributed by atoms with E-state index in [9.17, 15) is 19.2 Å². The minimum Gasteiger partial charge on any atom is -0.282 e. The number of carbonyl (C=O) groups excluding carboxylic acids is 4. The van der Waals surface area contributed by atoms with E-state index in [0.29, 0.717) is 45.3 Å². The molecule has 0 aromatic heterocycles. The van der Waals surface area contributed by atoms with Crippen LogP contribution in [0.4, 0.5) is 0 Å². The summed E-state index contributed by atoms with van der Waals surface area (Å²) in [6.07, 6.45) is 0. The highest BCUT2D eigenvalue weighted by atomic mass is 32.2. The van der Waals surface area contributed by atoms with E-state index in [1.165, 1.54) is 47.0 Å². The fraction of sp³-hybridized carbons (Fsp3) is 0.538. The van der Waals surface area contributed by atoms with E-state index in [0.717, 1.165) is 23.0 Å². The maximum atomic E-state index is 12.2. The Balaban J connectivity index is 5.06. The van der Waals surface area contributed by atoms with E-state index >= 15 is 0 Å². The molecule has 0 aliphatic heterocycles. The molecule has 0 saturated heterocycles. The zero-order valence-corrected chi connectivity index (χ0v) is 27.8. The Morgan fingerprint density at radius 1 is 0.486 bits per heavy atom. The van der Waals surface area contributed by atoms with Gasteiger partial charge in [-0.2, -0.15) is 35.3 Å². The first-order chi connectivity index (χ1) is 17.3. The van der Waals surface area contributed by atoms with Crippen molar-refractivity contribution in [2.24, 2.45) is 0 Å². The van der Waals surface area contributed by atoms with Gasteiger partial charge in [0.1, 0.15) is 0 Å². The number of thioether (sulfide) groups is 7. The maximum absolute atomic E-state index is 12.2. The Morgan fingerprint density at radius 2 is 0.784 bits per heavy atom. The SMILES string of the molecule is C=C(C)C(=O)SCCSCC(CSC(=O)C(=C)C)SC(CSCCSC(=O)C(=C)C)CSC(=O)C(=C)C. The summed E-state index contributed by atoms with van der Waals surface area (Å²) in [7, 11) is 0. The topological polar surface area (TPSA) is 68.3 Å². The second kappa shape index (κ2) is 21.9. The van der Waals surface area contributed by atoms with Crippen LogP contribution in [0, 0.1) is 0 Å². The van der Waals surface area contributed by atoms with Crippen molar-refractivity contribution in [3.05, 3.63) is 48.6 Å². The third kappa shape index (κ3) is 19.7. The van der Waals surface area contributed by atoms with Gasteiger partial charge in [-0.15, -0.1) is 0 Å². The van der Waals surface area contributed by atoms with Gasteiger partial charge in [0.15, 0.2) is 0 Å². The number of carbonyl (C=O) groups is 4. The van der Waals surface area contributed by atoms with E-state index in [1.807, 2.05) is 11.8 Å². The average Bonchev–Trinajstić information content (AvgIpc) is 2.83. The van der Waals surface area contributed by atoms with Crippen LogP contribution < -0.4 is 0 Å². The van der Waals surface area contributed by atoms with Gasteiger partial charge < -0.3 is 0 Å². The summed E-state index contributed by atoms with van der Waals surface area (Å²) in [4.78, 5) is 47.9. The van der Waals surface area contributed by atoms with Crippen molar-refractivity contribution in [3.8, 4) is 0 Å². The van der Waals surface area contributed by atoms with Gasteiger partial charge in [-0.25, -0.2) is 0 Å². The molecule has 37 heavy (non-hydrogen) atoms. The summed E-state index contributed by atoms with van der Waals surface area (Å²) in [6.45, 7) is 21.7. The molecule has 0 aromatic rings. The summed E-state index contributed by atoms with van der Waals surface area (Å²) in [6, 6.07) is 0. The first-order valence-electron chi connectivity index (χ1n) is 11.5. The van der Waals surface area contributed by atoms with Crippen LogP contribution in [0.2, 0.25) is 0 Å². The lowest BCUT2D eigenvalue weighted by molar-refractivity contribution is -0.108. The van der Waals surface area contributed by atoms with E-state index in [2.05, 4.69) is 26.3 Å². The van der Waals surface area contributed by atoms with Crippen LogP contribution in [0.1, 0.15) is 27.7 Å². The van der Waals surface area contributed by atoms with Crippen LogP contribution >= 0.6 is 82.3 Å². The average molecular weight is 639 g/mol. The van der Waals surface area contributed by atoms with Gasteiger partial charge in [0.2, 0.25) is 20.5 Å². The molecule has 0 aromatic carbocycles. The van der Waals surface area contributed by atoms with E-state index in [1.54, 1.807) is 51.2 Å². The van der Waals surface area contributed by atoms with Gasteiger partial charge in [-0.05, 0) is 50.0 Å². The minimum atomic E-state index is -0.00447. The third-order valence-electron chi connectivity index (χ3n) is 4.11. The van der Waals surface area contributed by atoms with Crippen molar-refractivity contribution >= 4 is 103 Å². The lowest BCUT2D eigenvalue weighted by atomic mass is 10.4. The summed E-state index contributed by atoms with van der Waals surface area (Å²) in [5, 5.41) is 0.434. The van der Waals surface area contributed by atoms with Crippen molar-refractivity contribution < 1.29 is 19.2 Å². The Kier molecular flexibility index (Phi) is 21.9. The summed E-state index contributed by atoms with van der Waals surface area (Å²) in [5.41, 5.74) is 2.19. The molecule has 0 spiro atoms. The van der Waals surface area contributed by atoms with Crippen LogP contribution in [0.15, 0.2) is 48.6 Å². The fourth-order valence-electron chi connectivity index (χ4n) is 2.17. The van der Waals surface area contributed by atoms with Gasteiger partial charge in [0.05, 0.1) is 0 Å². The summed E-state index contributed by atoms with van der Waals surface area (Å²) < 4.78 is 0. The Labute approximate surface area is 253 Å². The molecule has 0 rings (SSSR count). The molecule has 0 N–H and O–H groups in total. The molecule has 0 amide bonds. The maximum Gasteiger partial charge on any atom is 0.214 e. The minimum absolute atomic E-state index is 0.00447. The highest BCUT2D eigenvalue weighted by Crippen LogP contribution is 2.31. The molecule has 208 valence electrons. The van der Waals surface area contributed by atoms with Crippen LogP contribution in [0.25, 0.3) is 0 Å². The molecule has 4 nitrogen and oxygen atoms in total. The second-order valence-electron chi connectivity index (χ2n) is 8.12. The van der Waals surface area contributed by atoms with Gasteiger partial charge in [0.25, 0.3) is 0 Å². The van der Waals surface area contributed by atoms with Crippen molar-refractivity contribution in [2.75, 3.05) is 46.0 Å². The number of hydrogen-bond donors (Lipinski definition) is 0.